The first-order valence-corrected chi connectivity index (χ1v) is 6.92. The van der Waals surface area contributed by atoms with E-state index in [1.165, 1.54) is 0 Å². The number of aromatic amines is 1. The summed E-state index contributed by atoms with van der Waals surface area (Å²) in [4.78, 5) is 7.32. The summed E-state index contributed by atoms with van der Waals surface area (Å²) in [5.41, 5.74) is 3.23. The van der Waals surface area contributed by atoms with Crippen molar-refractivity contribution >= 4 is 23.2 Å². The van der Waals surface area contributed by atoms with Gasteiger partial charge in [-0.15, -0.1) is 0 Å². The van der Waals surface area contributed by atoms with Crippen LogP contribution in [-0.2, 0) is 17.8 Å². The average molecular weight is 299 g/mol. The minimum Gasteiger partial charge on any atom is -0.377 e. The Balaban J connectivity index is 1.71. The van der Waals surface area contributed by atoms with Gasteiger partial charge in [-0.3, -0.25) is 0 Å². The Morgan fingerprint density at radius 1 is 1.21 bits per heavy atom. The number of ether oxygens (including phenoxy) is 1. The maximum absolute atomic E-state index is 5.92. The van der Waals surface area contributed by atoms with Gasteiger partial charge in [0, 0.05) is 22.3 Å². The van der Waals surface area contributed by atoms with Crippen LogP contribution in [0.1, 0.15) is 23.4 Å². The molecule has 0 atom stereocenters. The second-order valence-corrected chi connectivity index (χ2v) is 5.28. The molecule has 102 valence electrons. The maximum Gasteiger partial charge on any atom is 0.0925 e. The molecule has 0 saturated heterocycles. The number of hydrogen-bond acceptors (Lipinski definition) is 2. The molecule has 1 aromatic heterocycles. The Bertz CT molecular complexity index is 520. The molecule has 0 amide bonds. The molecular formula is C14H16Cl2N2O. The Kier molecular flexibility index (Phi) is 5.25. The van der Waals surface area contributed by atoms with E-state index in [1.807, 2.05) is 19.1 Å². The summed E-state index contributed by atoms with van der Waals surface area (Å²) in [5.74, 6) is 0. The summed E-state index contributed by atoms with van der Waals surface area (Å²) in [6.07, 6.45) is 3.59. The second kappa shape index (κ2) is 6.94. The number of halogens is 2. The highest BCUT2D eigenvalue weighted by atomic mass is 35.5. The minimum atomic E-state index is 0.528. The largest absolute Gasteiger partial charge is 0.377 e. The minimum absolute atomic E-state index is 0.528. The zero-order valence-electron chi connectivity index (χ0n) is 10.7. The van der Waals surface area contributed by atoms with Crippen LogP contribution in [0.5, 0.6) is 0 Å². The van der Waals surface area contributed by atoms with E-state index >= 15 is 0 Å². The first kappa shape index (κ1) is 14.4. The molecule has 3 nitrogen and oxygen atoms in total. The zero-order chi connectivity index (χ0) is 13.7. The first-order chi connectivity index (χ1) is 9.15. The van der Waals surface area contributed by atoms with Gasteiger partial charge in [0.15, 0.2) is 0 Å². The quantitative estimate of drug-likeness (QED) is 0.813. The third kappa shape index (κ3) is 4.53. The second-order valence-electron chi connectivity index (χ2n) is 4.41. The molecule has 0 fully saturated rings. The fourth-order valence-electron chi connectivity index (χ4n) is 1.87. The number of imidazole rings is 1. The fourth-order valence-corrected chi connectivity index (χ4v) is 2.44. The van der Waals surface area contributed by atoms with Crippen molar-refractivity contribution in [3.05, 3.63) is 51.5 Å². The smallest absolute Gasteiger partial charge is 0.0925 e. The van der Waals surface area contributed by atoms with Gasteiger partial charge in [0.05, 0.1) is 18.6 Å². The van der Waals surface area contributed by atoms with Gasteiger partial charge in [-0.25, -0.2) is 4.98 Å². The number of nitrogens with zero attached hydrogens (tertiary/aromatic N) is 1. The lowest BCUT2D eigenvalue weighted by Crippen LogP contribution is -1.98. The molecule has 0 saturated carbocycles. The van der Waals surface area contributed by atoms with E-state index in [1.54, 1.807) is 12.4 Å². The van der Waals surface area contributed by atoms with Crippen LogP contribution in [0.4, 0.5) is 0 Å². The van der Waals surface area contributed by atoms with Crippen molar-refractivity contribution in [1.82, 2.24) is 9.97 Å². The summed E-state index contributed by atoms with van der Waals surface area (Å²) in [6, 6.07) is 5.45. The summed E-state index contributed by atoms with van der Waals surface area (Å²) < 4.78 is 5.61. The molecule has 0 unspecified atom stereocenters. The topological polar surface area (TPSA) is 37.9 Å². The van der Waals surface area contributed by atoms with Crippen LogP contribution >= 0.6 is 23.2 Å². The van der Waals surface area contributed by atoms with Crippen molar-refractivity contribution in [2.24, 2.45) is 0 Å². The fraction of sp³-hybridized carbons (Fsp3) is 0.357. The van der Waals surface area contributed by atoms with E-state index < -0.39 is 0 Å². The van der Waals surface area contributed by atoms with E-state index in [-0.39, 0.29) is 0 Å². The van der Waals surface area contributed by atoms with Gasteiger partial charge in [-0.2, -0.15) is 0 Å². The Morgan fingerprint density at radius 3 is 2.58 bits per heavy atom. The van der Waals surface area contributed by atoms with Crippen molar-refractivity contribution in [3.8, 4) is 0 Å². The number of rotatable bonds is 6. The molecule has 0 spiro atoms. The van der Waals surface area contributed by atoms with Crippen LogP contribution in [0.25, 0.3) is 0 Å². The normalized spacial score (nSPS) is 10.9. The lowest BCUT2D eigenvalue weighted by molar-refractivity contribution is 0.118. The van der Waals surface area contributed by atoms with Crippen molar-refractivity contribution < 1.29 is 4.74 Å². The predicted octanol–water partition coefficient (Wildman–Crippen LogP) is 4.17. The highest BCUT2D eigenvalue weighted by Crippen LogP contribution is 2.19. The van der Waals surface area contributed by atoms with E-state index in [0.717, 1.165) is 29.8 Å². The Hall–Kier alpha value is -1.03. The van der Waals surface area contributed by atoms with Gasteiger partial charge >= 0.3 is 0 Å². The van der Waals surface area contributed by atoms with Gasteiger partial charge in [-0.1, -0.05) is 23.2 Å². The van der Waals surface area contributed by atoms with Crippen LogP contribution in [0.3, 0.4) is 0 Å². The Morgan fingerprint density at radius 2 is 1.95 bits per heavy atom. The average Bonchev–Trinajstić information content (AvgIpc) is 2.73. The van der Waals surface area contributed by atoms with Crippen LogP contribution in [0, 0.1) is 6.92 Å². The lowest BCUT2D eigenvalue weighted by atomic mass is 10.2. The van der Waals surface area contributed by atoms with Gasteiger partial charge in [0.25, 0.3) is 0 Å². The van der Waals surface area contributed by atoms with E-state index in [2.05, 4.69) is 9.97 Å². The third-order valence-electron chi connectivity index (χ3n) is 2.83. The van der Waals surface area contributed by atoms with Crippen LogP contribution in [-0.4, -0.2) is 16.6 Å². The highest BCUT2D eigenvalue weighted by molar-refractivity contribution is 6.34. The molecule has 2 rings (SSSR count). The standard InChI is InChI=1S/C14H16Cl2N2O/c1-10-14(18-9-17-10)3-2-4-19-8-11-5-12(15)7-13(16)6-11/h5-7,9H,2-4,8H2,1H3,(H,17,18). The molecule has 0 aliphatic carbocycles. The molecular weight excluding hydrogens is 283 g/mol. The molecule has 0 aliphatic rings. The molecule has 19 heavy (non-hydrogen) atoms. The molecule has 2 aromatic rings. The number of nitrogens with one attached hydrogen (secondary N) is 1. The molecule has 0 aliphatic heterocycles. The summed E-state index contributed by atoms with van der Waals surface area (Å²) >= 11 is 11.8. The van der Waals surface area contributed by atoms with Crippen LogP contribution in [0.2, 0.25) is 10.0 Å². The SMILES string of the molecule is Cc1[nH]cnc1CCCOCc1cc(Cl)cc(Cl)c1. The molecule has 0 bridgehead atoms. The van der Waals surface area contributed by atoms with Crippen molar-refractivity contribution in [2.45, 2.75) is 26.4 Å². The number of aryl methyl sites for hydroxylation is 2. The number of aromatic nitrogens is 2. The lowest BCUT2D eigenvalue weighted by Gasteiger charge is -2.05. The zero-order valence-corrected chi connectivity index (χ0v) is 12.3. The van der Waals surface area contributed by atoms with Crippen molar-refractivity contribution in [3.63, 3.8) is 0 Å². The maximum atomic E-state index is 5.92. The summed E-state index contributed by atoms with van der Waals surface area (Å²) in [6.45, 7) is 3.24. The van der Waals surface area contributed by atoms with Crippen molar-refractivity contribution in [2.75, 3.05) is 6.61 Å². The highest BCUT2D eigenvalue weighted by Gasteiger charge is 2.01. The molecule has 1 N–H and O–H groups in total. The van der Waals surface area contributed by atoms with Gasteiger partial charge in [0.2, 0.25) is 0 Å². The van der Waals surface area contributed by atoms with Crippen LogP contribution in [0.15, 0.2) is 24.5 Å². The van der Waals surface area contributed by atoms with Gasteiger partial charge < -0.3 is 9.72 Å². The van der Waals surface area contributed by atoms with Gasteiger partial charge in [0.1, 0.15) is 0 Å². The summed E-state index contributed by atoms with van der Waals surface area (Å²) in [7, 11) is 0. The predicted molar refractivity (Wildman–Crippen MR) is 77.8 cm³/mol. The van der Waals surface area contributed by atoms with E-state index in [9.17, 15) is 0 Å². The number of benzene rings is 1. The molecule has 5 heteroatoms. The van der Waals surface area contributed by atoms with Gasteiger partial charge in [-0.05, 0) is 43.5 Å². The third-order valence-corrected chi connectivity index (χ3v) is 3.26. The number of H-pyrrole nitrogens is 1. The molecule has 1 aromatic carbocycles. The van der Waals surface area contributed by atoms with E-state index in [0.29, 0.717) is 23.3 Å². The number of hydrogen-bond donors (Lipinski definition) is 1. The van der Waals surface area contributed by atoms with E-state index in [4.69, 9.17) is 27.9 Å². The molecule has 0 radical (unpaired) electrons. The first-order valence-electron chi connectivity index (χ1n) is 6.16. The Labute approximate surface area is 122 Å². The molecule has 1 heterocycles. The monoisotopic (exact) mass is 298 g/mol. The van der Waals surface area contributed by atoms with Crippen LogP contribution < -0.4 is 0 Å². The summed E-state index contributed by atoms with van der Waals surface area (Å²) in [5, 5.41) is 1.27. The van der Waals surface area contributed by atoms with Crippen molar-refractivity contribution in [1.29, 1.82) is 0 Å².